The van der Waals surface area contributed by atoms with E-state index in [1.54, 1.807) is 6.07 Å². The lowest BCUT2D eigenvalue weighted by molar-refractivity contribution is -0.134. The predicted molar refractivity (Wildman–Crippen MR) is 86.5 cm³/mol. The largest absolute Gasteiger partial charge is 0.426 e. The maximum Gasteiger partial charge on any atom is 0.336 e. The van der Waals surface area contributed by atoms with E-state index in [-0.39, 0.29) is 5.97 Å². The molecule has 116 valence electrons. The summed E-state index contributed by atoms with van der Waals surface area (Å²) in [6, 6.07) is 4.80. The maximum absolute atomic E-state index is 11.8. The van der Waals surface area contributed by atoms with Crippen molar-refractivity contribution in [1.82, 2.24) is 0 Å². The van der Waals surface area contributed by atoms with E-state index in [0.29, 0.717) is 35.6 Å². The molecule has 0 aliphatic rings. The van der Waals surface area contributed by atoms with Gasteiger partial charge in [-0.05, 0) is 25.0 Å². The van der Waals surface area contributed by atoms with Crippen molar-refractivity contribution in [1.29, 1.82) is 0 Å². The lowest BCUT2D eigenvalue weighted by Crippen LogP contribution is -2.09. The summed E-state index contributed by atoms with van der Waals surface area (Å²) < 4.78 is 10.6. The van der Waals surface area contributed by atoms with Crippen molar-refractivity contribution in [2.45, 2.75) is 33.1 Å². The summed E-state index contributed by atoms with van der Waals surface area (Å²) in [5.41, 5.74) is 1.46. The lowest BCUT2D eigenvalue weighted by atomic mass is 10.0. The number of carbonyl (C=O) groups is 1. The van der Waals surface area contributed by atoms with Gasteiger partial charge in [-0.15, -0.1) is 0 Å². The van der Waals surface area contributed by atoms with Crippen LogP contribution in [0.4, 0.5) is 0 Å². The molecule has 5 heteroatoms. The predicted octanol–water partition coefficient (Wildman–Crippen LogP) is 4.10. The molecule has 2 rings (SSSR count). The van der Waals surface area contributed by atoms with E-state index < -0.39 is 5.63 Å². The number of allylic oxidation sites excluding steroid dienone is 1. The summed E-state index contributed by atoms with van der Waals surface area (Å²) in [6.45, 7) is 7.39. The van der Waals surface area contributed by atoms with Crippen molar-refractivity contribution < 1.29 is 13.9 Å². The number of aryl methyl sites for hydroxylation is 1. The average Bonchev–Trinajstić information content (AvgIpc) is 2.39. The molecule has 0 aliphatic heterocycles. The van der Waals surface area contributed by atoms with Crippen molar-refractivity contribution in [3.8, 4) is 5.75 Å². The highest BCUT2D eigenvalue weighted by atomic mass is 35.5. The Morgan fingerprint density at radius 1 is 1.36 bits per heavy atom. The normalized spacial score (nSPS) is 10.7. The van der Waals surface area contributed by atoms with Crippen LogP contribution >= 0.6 is 11.6 Å². The molecule has 0 atom stereocenters. The quantitative estimate of drug-likeness (QED) is 0.473. The summed E-state index contributed by atoms with van der Waals surface area (Å²) in [6.07, 6.45) is 1.38. The number of benzene rings is 1. The zero-order valence-corrected chi connectivity index (χ0v) is 13.3. The van der Waals surface area contributed by atoms with Gasteiger partial charge in [0.15, 0.2) is 0 Å². The fourth-order valence-corrected chi connectivity index (χ4v) is 2.35. The first-order valence-corrected chi connectivity index (χ1v) is 7.40. The third-order valence-corrected chi connectivity index (χ3v) is 3.33. The van der Waals surface area contributed by atoms with Crippen molar-refractivity contribution in [2.75, 3.05) is 0 Å². The first kappa shape index (κ1) is 16.3. The van der Waals surface area contributed by atoms with Crippen LogP contribution in [0.1, 0.15) is 30.9 Å². The molecular weight excluding hydrogens is 304 g/mol. The molecule has 0 radical (unpaired) electrons. The molecule has 22 heavy (non-hydrogen) atoms. The minimum Gasteiger partial charge on any atom is -0.426 e. The molecule has 2 aromatic rings. The average molecular weight is 321 g/mol. The van der Waals surface area contributed by atoms with Crippen molar-refractivity contribution in [2.24, 2.45) is 0 Å². The Morgan fingerprint density at radius 2 is 2.09 bits per heavy atom. The first-order chi connectivity index (χ1) is 10.4. The van der Waals surface area contributed by atoms with Gasteiger partial charge < -0.3 is 9.15 Å². The topological polar surface area (TPSA) is 56.5 Å². The van der Waals surface area contributed by atoms with E-state index in [0.717, 1.165) is 16.5 Å². The van der Waals surface area contributed by atoms with E-state index in [9.17, 15) is 9.59 Å². The molecule has 0 bridgehead atoms. The number of hydrogen-bond donors (Lipinski definition) is 0. The highest BCUT2D eigenvalue weighted by molar-refractivity contribution is 6.29. The molecule has 0 fully saturated rings. The van der Waals surface area contributed by atoms with Gasteiger partial charge >= 0.3 is 11.6 Å². The number of halogens is 1. The Morgan fingerprint density at radius 3 is 2.73 bits per heavy atom. The molecule has 1 aromatic heterocycles. The van der Waals surface area contributed by atoms with Crippen LogP contribution in [0.15, 0.2) is 39.0 Å². The van der Waals surface area contributed by atoms with E-state index in [1.807, 2.05) is 19.9 Å². The summed E-state index contributed by atoms with van der Waals surface area (Å²) in [7, 11) is 0. The molecule has 0 amide bonds. The Kier molecular flexibility index (Phi) is 5.03. The Bertz CT molecular complexity index is 789. The highest BCUT2D eigenvalue weighted by Gasteiger charge is 2.14. The van der Waals surface area contributed by atoms with E-state index >= 15 is 0 Å². The van der Waals surface area contributed by atoms with Gasteiger partial charge in [0, 0.05) is 41.0 Å². The summed E-state index contributed by atoms with van der Waals surface area (Å²) in [5, 5.41) is 1.21. The molecule has 4 nitrogen and oxygen atoms in total. The van der Waals surface area contributed by atoms with Gasteiger partial charge in [0.25, 0.3) is 0 Å². The number of fused-ring (bicyclic) bond motifs is 1. The second-order valence-corrected chi connectivity index (χ2v) is 5.66. The smallest absolute Gasteiger partial charge is 0.336 e. The van der Waals surface area contributed by atoms with E-state index in [4.69, 9.17) is 20.8 Å². The van der Waals surface area contributed by atoms with Crippen molar-refractivity contribution in [3.63, 3.8) is 0 Å². The molecule has 1 heterocycles. The Hall–Kier alpha value is -2.07. The van der Waals surface area contributed by atoms with Gasteiger partial charge in [-0.2, -0.15) is 0 Å². The van der Waals surface area contributed by atoms with Gasteiger partial charge in [0.05, 0.1) is 0 Å². The number of rotatable bonds is 5. The van der Waals surface area contributed by atoms with Gasteiger partial charge in [0.2, 0.25) is 0 Å². The van der Waals surface area contributed by atoms with E-state index in [1.165, 1.54) is 6.07 Å². The fourth-order valence-electron chi connectivity index (χ4n) is 2.21. The maximum atomic E-state index is 11.8. The molecule has 0 N–H and O–H groups in total. The zero-order chi connectivity index (χ0) is 16.3. The van der Waals surface area contributed by atoms with Crippen LogP contribution in [0.5, 0.6) is 5.75 Å². The minimum absolute atomic E-state index is 0.317. The van der Waals surface area contributed by atoms with Crippen LogP contribution in [-0.4, -0.2) is 5.97 Å². The highest BCUT2D eigenvalue weighted by Crippen LogP contribution is 2.29. The second-order valence-electron chi connectivity index (χ2n) is 5.12. The number of carbonyl (C=O) groups excluding carboxylic acids is 1. The minimum atomic E-state index is -0.440. The standard InChI is InChI=1S/C17H17ClO4/c1-4-5-16(19)21-14-9-15-13(8-12(14)7-11(3)18)10(2)6-17(20)22-15/h6,8-9H,3-5,7H2,1-2H3. The van der Waals surface area contributed by atoms with Crippen LogP contribution in [0.2, 0.25) is 0 Å². The number of ether oxygens (including phenoxy) is 1. The lowest BCUT2D eigenvalue weighted by Gasteiger charge is -2.11. The number of hydrogen-bond acceptors (Lipinski definition) is 4. The van der Waals surface area contributed by atoms with Gasteiger partial charge in [-0.1, -0.05) is 25.1 Å². The molecule has 0 aliphatic carbocycles. The van der Waals surface area contributed by atoms with Crippen LogP contribution in [0, 0.1) is 6.92 Å². The van der Waals surface area contributed by atoms with Gasteiger partial charge in [0.1, 0.15) is 11.3 Å². The van der Waals surface area contributed by atoms with Crippen LogP contribution in [0.3, 0.4) is 0 Å². The van der Waals surface area contributed by atoms with Crippen molar-refractivity contribution in [3.05, 3.63) is 51.4 Å². The van der Waals surface area contributed by atoms with Crippen LogP contribution < -0.4 is 10.4 Å². The fraction of sp³-hybridized carbons (Fsp3) is 0.294. The second kappa shape index (κ2) is 6.79. The Balaban J connectivity index is 2.57. The SMILES string of the molecule is C=C(Cl)Cc1cc2c(C)cc(=O)oc2cc1OC(=O)CCC. The third kappa shape index (κ3) is 3.77. The molecule has 1 aromatic carbocycles. The van der Waals surface area contributed by atoms with Crippen LogP contribution in [0.25, 0.3) is 11.0 Å². The zero-order valence-electron chi connectivity index (χ0n) is 12.6. The van der Waals surface area contributed by atoms with Gasteiger partial charge in [-0.3, -0.25) is 4.79 Å². The molecule has 0 saturated heterocycles. The molecular formula is C17H17ClO4. The Labute approximate surface area is 133 Å². The third-order valence-electron chi connectivity index (χ3n) is 3.19. The summed E-state index contributed by atoms with van der Waals surface area (Å²) in [5.74, 6) is 0.0137. The molecule has 0 spiro atoms. The summed E-state index contributed by atoms with van der Waals surface area (Å²) >= 11 is 5.89. The van der Waals surface area contributed by atoms with Crippen LogP contribution in [-0.2, 0) is 11.2 Å². The van der Waals surface area contributed by atoms with E-state index in [2.05, 4.69) is 6.58 Å². The molecule has 0 unspecified atom stereocenters. The van der Waals surface area contributed by atoms with Gasteiger partial charge in [-0.25, -0.2) is 4.79 Å². The number of esters is 1. The van der Waals surface area contributed by atoms with Crippen molar-refractivity contribution >= 4 is 28.5 Å². The first-order valence-electron chi connectivity index (χ1n) is 7.02. The summed E-state index contributed by atoms with van der Waals surface area (Å²) in [4.78, 5) is 23.2. The monoisotopic (exact) mass is 320 g/mol. The molecule has 0 saturated carbocycles.